The molecule has 1 aromatic heterocycles. The smallest absolute Gasteiger partial charge is 0.267 e. The van der Waals surface area contributed by atoms with Crippen molar-refractivity contribution < 1.29 is 14.3 Å². The molecule has 8 heteroatoms. The van der Waals surface area contributed by atoms with Crippen molar-refractivity contribution in [2.75, 3.05) is 45.9 Å². The lowest BCUT2D eigenvalue weighted by Crippen LogP contribution is -2.52. The summed E-state index contributed by atoms with van der Waals surface area (Å²) in [6, 6.07) is 3.51. The van der Waals surface area contributed by atoms with Crippen LogP contribution in [0.1, 0.15) is 41.7 Å². The first-order valence-corrected chi connectivity index (χ1v) is 10.6. The molecule has 29 heavy (non-hydrogen) atoms. The highest BCUT2D eigenvalue weighted by atomic mass is 16.5. The maximum atomic E-state index is 12.3. The lowest BCUT2D eigenvalue weighted by molar-refractivity contribution is -0.149. The zero-order valence-electron chi connectivity index (χ0n) is 16.7. The van der Waals surface area contributed by atoms with Crippen molar-refractivity contribution in [2.24, 2.45) is 11.8 Å². The Hall–Kier alpha value is -2.37. The van der Waals surface area contributed by atoms with Gasteiger partial charge < -0.3 is 24.8 Å². The molecule has 0 radical (unpaired) electrons. The van der Waals surface area contributed by atoms with Crippen LogP contribution in [0.3, 0.4) is 0 Å². The predicted octanol–water partition coefficient (Wildman–Crippen LogP) is 0.966. The average molecular weight is 399 g/mol. The topological polar surface area (TPSA) is 101 Å². The van der Waals surface area contributed by atoms with Crippen LogP contribution in [0.5, 0.6) is 0 Å². The van der Waals surface area contributed by atoms with Gasteiger partial charge in [-0.05, 0) is 56.7 Å². The minimum absolute atomic E-state index is 0.0380. The zero-order chi connectivity index (χ0) is 20.2. The molecule has 3 fully saturated rings. The summed E-state index contributed by atoms with van der Waals surface area (Å²) in [5, 5.41) is 11.7. The molecule has 2 N–H and O–H groups in total. The van der Waals surface area contributed by atoms with Gasteiger partial charge in [0, 0.05) is 32.4 Å². The van der Waals surface area contributed by atoms with Gasteiger partial charge in [-0.3, -0.25) is 9.59 Å². The van der Waals surface area contributed by atoms with Gasteiger partial charge in [0.15, 0.2) is 0 Å². The van der Waals surface area contributed by atoms with Crippen LogP contribution in [0.15, 0.2) is 12.3 Å². The van der Waals surface area contributed by atoms with Gasteiger partial charge in [-0.2, -0.15) is 5.26 Å². The summed E-state index contributed by atoms with van der Waals surface area (Å²) in [5.41, 5.74) is 0.771. The van der Waals surface area contributed by atoms with Gasteiger partial charge in [0.25, 0.3) is 5.91 Å². The first-order valence-electron chi connectivity index (χ1n) is 10.6. The third-order valence-electron chi connectivity index (χ3n) is 6.17. The normalized spacial score (nSPS) is 23.8. The number of aromatic amines is 1. The van der Waals surface area contributed by atoms with Crippen molar-refractivity contribution in [3.05, 3.63) is 23.5 Å². The maximum absolute atomic E-state index is 12.3. The van der Waals surface area contributed by atoms with E-state index in [0.29, 0.717) is 30.3 Å². The molecule has 2 amide bonds. The molecule has 2 aliphatic heterocycles. The summed E-state index contributed by atoms with van der Waals surface area (Å²) < 4.78 is 5.61. The summed E-state index contributed by atoms with van der Waals surface area (Å²) >= 11 is 0. The van der Waals surface area contributed by atoms with Crippen molar-refractivity contribution in [3.8, 4) is 6.07 Å². The number of ether oxygens (including phenoxy) is 1. The molecule has 1 aliphatic carbocycles. The predicted molar refractivity (Wildman–Crippen MR) is 106 cm³/mol. The monoisotopic (exact) mass is 399 g/mol. The SMILES string of the molecule is N#Cc1c[nH]c(C(=O)NCC2CN(CC3CCN(CC4CC4)CC3)C(=O)CO2)c1. The van der Waals surface area contributed by atoms with E-state index in [1.54, 1.807) is 0 Å². The van der Waals surface area contributed by atoms with E-state index in [1.807, 2.05) is 11.0 Å². The number of likely N-dealkylation sites (tertiary alicyclic amines) is 1. The molecule has 3 heterocycles. The number of carbonyl (C=O) groups excluding carboxylic acids is 2. The van der Waals surface area contributed by atoms with E-state index in [2.05, 4.69) is 15.2 Å². The molecule has 0 aromatic carbocycles. The quantitative estimate of drug-likeness (QED) is 0.711. The van der Waals surface area contributed by atoms with E-state index in [4.69, 9.17) is 10.00 Å². The largest absolute Gasteiger partial charge is 0.365 e. The summed E-state index contributed by atoms with van der Waals surface area (Å²) in [7, 11) is 0. The summed E-state index contributed by atoms with van der Waals surface area (Å²) in [5.74, 6) is 1.24. The Morgan fingerprint density at radius 3 is 2.69 bits per heavy atom. The van der Waals surface area contributed by atoms with Gasteiger partial charge in [-0.25, -0.2) is 0 Å². The highest BCUT2D eigenvalue weighted by Gasteiger charge is 2.31. The second-order valence-electron chi connectivity index (χ2n) is 8.54. The summed E-state index contributed by atoms with van der Waals surface area (Å²) in [4.78, 5) is 31.8. The van der Waals surface area contributed by atoms with Crippen LogP contribution in [0, 0.1) is 23.2 Å². The molecule has 2 saturated heterocycles. The second kappa shape index (κ2) is 8.97. The molecular weight excluding hydrogens is 370 g/mol. The lowest BCUT2D eigenvalue weighted by atomic mass is 9.95. The molecule has 1 aromatic rings. The fourth-order valence-electron chi connectivity index (χ4n) is 4.20. The number of piperidine rings is 1. The summed E-state index contributed by atoms with van der Waals surface area (Å²) in [6.45, 7) is 5.23. The van der Waals surface area contributed by atoms with Gasteiger partial charge in [0.1, 0.15) is 18.4 Å². The fourth-order valence-corrected chi connectivity index (χ4v) is 4.20. The molecule has 1 saturated carbocycles. The number of aromatic nitrogens is 1. The van der Waals surface area contributed by atoms with Crippen LogP contribution >= 0.6 is 0 Å². The standard InChI is InChI=1S/C21H29N5O3/c22-8-17-7-19(23-9-17)21(28)24-10-18-13-26(20(27)14-29-18)12-16-3-5-25(6-4-16)11-15-1-2-15/h7,9,15-16,18,23H,1-6,10-14H2,(H,24,28). The van der Waals surface area contributed by atoms with E-state index in [1.165, 1.54) is 31.6 Å². The molecule has 4 rings (SSSR count). The van der Waals surface area contributed by atoms with E-state index in [9.17, 15) is 9.59 Å². The second-order valence-corrected chi connectivity index (χ2v) is 8.54. The molecule has 1 atom stereocenters. The Morgan fingerprint density at radius 1 is 1.24 bits per heavy atom. The van der Waals surface area contributed by atoms with Gasteiger partial charge in [0.2, 0.25) is 5.91 Å². The van der Waals surface area contributed by atoms with Crippen molar-refractivity contribution in [3.63, 3.8) is 0 Å². The Morgan fingerprint density at radius 2 is 2.00 bits per heavy atom. The molecule has 1 unspecified atom stereocenters. The van der Waals surface area contributed by atoms with Crippen LogP contribution < -0.4 is 5.32 Å². The lowest BCUT2D eigenvalue weighted by Gasteiger charge is -2.38. The van der Waals surface area contributed by atoms with Crippen molar-refractivity contribution in [1.29, 1.82) is 5.26 Å². The first kappa shape index (κ1) is 19.9. The van der Waals surface area contributed by atoms with E-state index in [0.717, 1.165) is 38.4 Å². The third kappa shape index (κ3) is 5.37. The number of carbonyl (C=O) groups is 2. The van der Waals surface area contributed by atoms with Crippen molar-refractivity contribution in [2.45, 2.75) is 31.8 Å². The van der Waals surface area contributed by atoms with Crippen molar-refractivity contribution >= 4 is 11.8 Å². The molecule has 3 aliphatic rings. The number of rotatable bonds is 7. The number of nitrogens with one attached hydrogen (secondary N) is 2. The Labute approximate surface area is 171 Å². The van der Waals surface area contributed by atoms with E-state index < -0.39 is 0 Å². The van der Waals surface area contributed by atoms with Gasteiger partial charge >= 0.3 is 0 Å². The number of H-pyrrole nitrogens is 1. The van der Waals surface area contributed by atoms with Gasteiger partial charge in [-0.15, -0.1) is 0 Å². The molecule has 8 nitrogen and oxygen atoms in total. The molecular formula is C21H29N5O3. The average Bonchev–Trinajstić information content (AvgIpc) is 3.41. The highest BCUT2D eigenvalue weighted by molar-refractivity contribution is 5.92. The maximum Gasteiger partial charge on any atom is 0.267 e. The number of amides is 2. The van der Waals surface area contributed by atoms with E-state index >= 15 is 0 Å². The number of morpholine rings is 1. The van der Waals surface area contributed by atoms with Crippen LogP contribution in [0.4, 0.5) is 0 Å². The zero-order valence-corrected chi connectivity index (χ0v) is 16.7. The fraction of sp³-hybridized carbons (Fsp3) is 0.667. The van der Waals surface area contributed by atoms with Crippen molar-refractivity contribution in [1.82, 2.24) is 20.1 Å². The highest BCUT2D eigenvalue weighted by Crippen LogP contribution is 2.31. The van der Waals surface area contributed by atoms with Crippen LogP contribution in [-0.2, 0) is 9.53 Å². The number of nitriles is 1. The van der Waals surface area contributed by atoms with Gasteiger partial charge in [0.05, 0.1) is 11.7 Å². The minimum atomic E-state index is -0.276. The molecule has 0 bridgehead atoms. The molecule has 0 spiro atoms. The molecule has 156 valence electrons. The van der Waals surface area contributed by atoms with Crippen LogP contribution in [-0.4, -0.2) is 78.6 Å². The first-order chi connectivity index (χ1) is 14.1. The van der Waals surface area contributed by atoms with Crippen LogP contribution in [0.2, 0.25) is 0 Å². The number of hydrogen-bond acceptors (Lipinski definition) is 5. The van der Waals surface area contributed by atoms with Crippen LogP contribution in [0.25, 0.3) is 0 Å². The van der Waals surface area contributed by atoms with E-state index in [-0.39, 0.29) is 24.5 Å². The Bertz CT molecular complexity index is 774. The Kier molecular flexibility index (Phi) is 6.16. The number of nitrogens with zero attached hydrogens (tertiary/aromatic N) is 3. The van der Waals surface area contributed by atoms with Gasteiger partial charge in [-0.1, -0.05) is 0 Å². The Balaban J connectivity index is 1.21. The number of hydrogen-bond donors (Lipinski definition) is 2. The summed E-state index contributed by atoms with van der Waals surface area (Å²) in [6.07, 6.45) is 6.37. The minimum Gasteiger partial charge on any atom is -0.365 e. The third-order valence-corrected chi connectivity index (χ3v) is 6.17.